The molecule has 2 aromatic rings. The van der Waals surface area contributed by atoms with Crippen molar-refractivity contribution in [3.05, 3.63) is 28.6 Å². The van der Waals surface area contributed by atoms with Gasteiger partial charge in [0, 0.05) is 28.2 Å². The van der Waals surface area contributed by atoms with Crippen LogP contribution in [-0.2, 0) is 9.53 Å². The minimum absolute atomic E-state index is 0.328. The number of hydrogen-bond acceptors (Lipinski definition) is 3. The maximum Gasteiger partial charge on any atom is 0.384 e. The first-order valence-corrected chi connectivity index (χ1v) is 5.81. The molecule has 86 valence electrons. The predicted octanol–water partition coefficient (Wildman–Crippen LogP) is 2.24. The lowest BCUT2D eigenvalue weighted by Crippen LogP contribution is -1.99. The van der Waals surface area contributed by atoms with Crippen molar-refractivity contribution in [2.24, 2.45) is 0 Å². The molecule has 5 heteroatoms. The van der Waals surface area contributed by atoms with Crippen LogP contribution in [0, 0.1) is 11.8 Å². The molecule has 0 atom stereocenters. The maximum absolute atomic E-state index is 11.1. The fourth-order valence-corrected chi connectivity index (χ4v) is 1.97. The number of fused-ring (bicyclic) bond motifs is 1. The number of carbonyl (C=O) groups excluding carboxylic acids is 1. The van der Waals surface area contributed by atoms with E-state index in [0.29, 0.717) is 6.61 Å². The normalized spacial score (nSPS) is 9.76. The van der Waals surface area contributed by atoms with Gasteiger partial charge < -0.3 is 9.72 Å². The van der Waals surface area contributed by atoms with Gasteiger partial charge in [0.2, 0.25) is 0 Å². The van der Waals surface area contributed by atoms with Gasteiger partial charge >= 0.3 is 5.97 Å². The molecule has 0 bridgehead atoms. The van der Waals surface area contributed by atoms with Crippen LogP contribution in [0.5, 0.6) is 0 Å². The lowest BCUT2D eigenvalue weighted by molar-refractivity contribution is -0.136. The highest BCUT2D eigenvalue weighted by atomic mass is 79.9. The standard InChI is InChI=1S/C12H9BrN2O2/c1-2-17-11(16)4-3-8-5-15-10-7-14-6-9(13)12(8)10/h5-7,15H,2H2,1H3. The quantitative estimate of drug-likeness (QED) is 0.648. The van der Waals surface area contributed by atoms with Gasteiger partial charge in [-0.05, 0) is 22.9 Å². The monoisotopic (exact) mass is 292 g/mol. The van der Waals surface area contributed by atoms with E-state index < -0.39 is 5.97 Å². The number of H-pyrrole nitrogens is 1. The van der Waals surface area contributed by atoms with Gasteiger partial charge in [-0.25, -0.2) is 4.79 Å². The van der Waals surface area contributed by atoms with E-state index in [2.05, 4.69) is 37.7 Å². The molecule has 0 unspecified atom stereocenters. The molecule has 1 N–H and O–H groups in total. The number of ether oxygens (including phenoxy) is 1. The van der Waals surface area contributed by atoms with Crippen LogP contribution in [0.4, 0.5) is 0 Å². The van der Waals surface area contributed by atoms with E-state index in [0.717, 1.165) is 20.9 Å². The van der Waals surface area contributed by atoms with Gasteiger partial charge in [-0.1, -0.05) is 5.92 Å². The van der Waals surface area contributed by atoms with Crippen molar-refractivity contribution in [1.29, 1.82) is 0 Å². The molecule has 0 radical (unpaired) electrons. The van der Waals surface area contributed by atoms with Gasteiger partial charge in [-0.3, -0.25) is 4.98 Å². The SMILES string of the molecule is CCOC(=O)C#Cc1c[nH]c2cncc(Br)c12. The number of carbonyl (C=O) groups is 1. The first-order chi connectivity index (χ1) is 8.22. The number of hydrogen-bond donors (Lipinski definition) is 1. The Bertz CT molecular complexity index is 622. The van der Waals surface area contributed by atoms with Crippen molar-refractivity contribution in [3.63, 3.8) is 0 Å². The number of halogens is 1. The smallest absolute Gasteiger partial charge is 0.384 e. The second-order valence-corrected chi connectivity index (χ2v) is 4.07. The van der Waals surface area contributed by atoms with E-state index in [1.807, 2.05) is 0 Å². The molecule has 0 fully saturated rings. The first kappa shape index (κ1) is 11.7. The van der Waals surface area contributed by atoms with E-state index >= 15 is 0 Å². The molecule has 2 heterocycles. The summed E-state index contributed by atoms with van der Waals surface area (Å²) in [6, 6.07) is 0. The Hall–Kier alpha value is -1.80. The van der Waals surface area contributed by atoms with Gasteiger partial charge in [0.1, 0.15) is 0 Å². The maximum atomic E-state index is 11.1. The molecule has 0 aliphatic carbocycles. The highest BCUT2D eigenvalue weighted by molar-refractivity contribution is 9.10. The molecule has 0 aromatic carbocycles. The van der Waals surface area contributed by atoms with Gasteiger partial charge in [0.25, 0.3) is 0 Å². The van der Waals surface area contributed by atoms with Crippen molar-refractivity contribution >= 4 is 32.8 Å². The number of pyridine rings is 1. The van der Waals surface area contributed by atoms with Crippen LogP contribution in [0.1, 0.15) is 12.5 Å². The lowest BCUT2D eigenvalue weighted by Gasteiger charge is -1.93. The Morgan fingerprint density at radius 2 is 2.41 bits per heavy atom. The molecular weight excluding hydrogens is 284 g/mol. The van der Waals surface area contributed by atoms with E-state index in [1.165, 1.54) is 0 Å². The topological polar surface area (TPSA) is 55.0 Å². The minimum atomic E-state index is -0.521. The van der Waals surface area contributed by atoms with Gasteiger partial charge in [-0.2, -0.15) is 0 Å². The summed E-state index contributed by atoms with van der Waals surface area (Å²) < 4.78 is 5.57. The highest BCUT2D eigenvalue weighted by Crippen LogP contribution is 2.24. The van der Waals surface area contributed by atoms with Crippen LogP contribution in [-0.4, -0.2) is 22.5 Å². The lowest BCUT2D eigenvalue weighted by atomic mass is 10.2. The van der Waals surface area contributed by atoms with Crippen LogP contribution in [0.3, 0.4) is 0 Å². The molecule has 2 rings (SSSR count). The molecule has 0 amide bonds. The zero-order valence-electron chi connectivity index (χ0n) is 9.08. The molecule has 0 spiro atoms. The van der Waals surface area contributed by atoms with Gasteiger partial charge in [-0.15, -0.1) is 0 Å². The van der Waals surface area contributed by atoms with Crippen molar-refractivity contribution in [2.45, 2.75) is 6.92 Å². The summed E-state index contributed by atoms with van der Waals surface area (Å²) in [4.78, 5) is 18.2. The van der Waals surface area contributed by atoms with E-state index in [1.54, 1.807) is 25.5 Å². The summed E-state index contributed by atoms with van der Waals surface area (Å²) in [5, 5.41) is 0.914. The number of rotatable bonds is 1. The summed E-state index contributed by atoms with van der Waals surface area (Å²) in [7, 11) is 0. The highest BCUT2D eigenvalue weighted by Gasteiger charge is 2.05. The van der Waals surface area contributed by atoms with Crippen LogP contribution in [0.15, 0.2) is 23.1 Å². The number of esters is 1. The third-order valence-corrected chi connectivity index (χ3v) is 2.72. The predicted molar refractivity (Wildman–Crippen MR) is 67.3 cm³/mol. The van der Waals surface area contributed by atoms with Gasteiger partial charge in [0.15, 0.2) is 0 Å². The van der Waals surface area contributed by atoms with Crippen molar-refractivity contribution in [2.75, 3.05) is 6.61 Å². The molecule has 2 aromatic heterocycles. The third kappa shape index (κ3) is 2.48. The summed E-state index contributed by atoms with van der Waals surface area (Å²) >= 11 is 3.40. The average molecular weight is 293 g/mol. The molecule has 0 aliphatic rings. The van der Waals surface area contributed by atoms with Crippen molar-refractivity contribution in [3.8, 4) is 11.8 Å². The second kappa shape index (κ2) is 5.02. The number of aromatic amines is 1. The Morgan fingerprint density at radius 3 is 3.18 bits per heavy atom. The zero-order valence-corrected chi connectivity index (χ0v) is 10.7. The van der Waals surface area contributed by atoms with E-state index in [-0.39, 0.29) is 0 Å². The molecule has 0 saturated carbocycles. The Labute approximate surface area is 107 Å². The van der Waals surface area contributed by atoms with E-state index in [9.17, 15) is 4.79 Å². The summed E-state index contributed by atoms with van der Waals surface area (Å²) in [6.07, 6.45) is 5.13. The number of nitrogens with zero attached hydrogens (tertiary/aromatic N) is 1. The third-order valence-electron chi connectivity index (χ3n) is 2.12. The Kier molecular flexibility index (Phi) is 3.45. The van der Waals surface area contributed by atoms with Gasteiger partial charge in [0.05, 0.1) is 23.9 Å². The van der Waals surface area contributed by atoms with Crippen molar-refractivity contribution in [1.82, 2.24) is 9.97 Å². The second-order valence-electron chi connectivity index (χ2n) is 3.22. The largest absolute Gasteiger partial charge is 0.456 e. The van der Waals surface area contributed by atoms with Crippen LogP contribution >= 0.6 is 15.9 Å². The van der Waals surface area contributed by atoms with Crippen LogP contribution in [0.25, 0.3) is 10.9 Å². The van der Waals surface area contributed by atoms with E-state index in [4.69, 9.17) is 4.74 Å². The molecular formula is C12H9BrN2O2. The van der Waals surface area contributed by atoms with Crippen LogP contribution in [0.2, 0.25) is 0 Å². The fourth-order valence-electron chi connectivity index (χ4n) is 1.42. The molecule has 0 saturated heterocycles. The Balaban J connectivity index is 2.40. The molecule has 0 aliphatic heterocycles. The summed E-state index contributed by atoms with van der Waals surface area (Å²) in [6.45, 7) is 2.07. The fraction of sp³-hybridized carbons (Fsp3) is 0.167. The Morgan fingerprint density at radius 1 is 1.59 bits per heavy atom. The molecule has 4 nitrogen and oxygen atoms in total. The zero-order chi connectivity index (χ0) is 12.3. The number of nitrogens with one attached hydrogen (secondary N) is 1. The minimum Gasteiger partial charge on any atom is -0.456 e. The number of aromatic nitrogens is 2. The molecule has 17 heavy (non-hydrogen) atoms. The average Bonchev–Trinajstić information content (AvgIpc) is 2.71. The van der Waals surface area contributed by atoms with Crippen molar-refractivity contribution < 1.29 is 9.53 Å². The summed E-state index contributed by atoms with van der Waals surface area (Å²) in [5.41, 5.74) is 1.61. The summed E-state index contributed by atoms with van der Waals surface area (Å²) in [5.74, 6) is 4.69. The first-order valence-electron chi connectivity index (χ1n) is 5.01. The van der Waals surface area contributed by atoms with Crippen LogP contribution < -0.4 is 0 Å².